The first-order valence-electron chi connectivity index (χ1n) is 8.14. The minimum atomic E-state index is -0.172. The SMILES string of the molecule is COc1ncccc1CNC(=O)c1ccc(OCc2cccnc2)cc1. The van der Waals surface area contributed by atoms with E-state index in [1.54, 1.807) is 56.0 Å². The fraction of sp³-hybridized carbons (Fsp3) is 0.150. The quantitative estimate of drug-likeness (QED) is 0.710. The number of hydrogen-bond donors (Lipinski definition) is 1. The second kappa shape index (κ2) is 8.62. The second-order valence-electron chi connectivity index (χ2n) is 5.53. The number of benzene rings is 1. The minimum Gasteiger partial charge on any atom is -0.489 e. The molecule has 1 amide bonds. The average molecular weight is 349 g/mol. The average Bonchev–Trinajstić information content (AvgIpc) is 2.72. The van der Waals surface area contributed by atoms with Gasteiger partial charge in [-0.3, -0.25) is 9.78 Å². The van der Waals surface area contributed by atoms with Crippen LogP contribution in [0.5, 0.6) is 11.6 Å². The molecule has 6 nitrogen and oxygen atoms in total. The topological polar surface area (TPSA) is 73.3 Å². The van der Waals surface area contributed by atoms with Crippen molar-refractivity contribution in [1.29, 1.82) is 0 Å². The molecular weight excluding hydrogens is 330 g/mol. The number of pyridine rings is 2. The summed E-state index contributed by atoms with van der Waals surface area (Å²) in [4.78, 5) is 20.4. The summed E-state index contributed by atoms with van der Waals surface area (Å²) in [6, 6.07) is 14.5. The summed E-state index contributed by atoms with van der Waals surface area (Å²) in [7, 11) is 1.55. The number of carbonyl (C=O) groups excluding carboxylic acids is 1. The maximum atomic E-state index is 12.3. The van der Waals surface area contributed by atoms with Crippen LogP contribution in [0.25, 0.3) is 0 Å². The van der Waals surface area contributed by atoms with E-state index in [9.17, 15) is 4.79 Å². The second-order valence-corrected chi connectivity index (χ2v) is 5.53. The van der Waals surface area contributed by atoms with Gasteiger partial charge in [0.15, 0.2) is 0 Å². The molecule has 0 saturated heterocycles. The number of ether oxygens (including phenoxy) is 2. The van der Waals surface area contributed by atoms with Gasteiger partial charge in [-0.1, -0.05) is 12.1 Å². The van der Waals surface area contributed by atoms with Crippen molar-refractivity contribution in [1.82, 2.24) is 15.3 Å². The zero-order valence-electron chi connectivity index (χ0n) is 14.4. The van der Waals surface area contributed by atoms with Crippen LogP contribution in [0, 0.1) is 0 Å². The van der Waals surface area contributed by atoms with Crippen LogP contribution < -0.4 is 14.8 Å². The highest BCUT2D eigenvalue weighted by Crippen LogP contribution is 2.15. The van der Waals surface area contributed by atoms with Crippen LogP contribution >= 0.6 is 0 Å². The molecule has 0 spiro atoms. The number of hydrogen-bond acceptors (Lipinski definition) is 5. The number of nitrogens with one attached hydrogen (secondary N) is 1. The molecule has 0 unspecified atom stereocenters. The molecule has 3 rings (SSSR count). The molecular formula is C20H19N3O3. The van der Waals surface area contributed by atoms with Gasteiger partial charge in [0.05, 0.1) is 7.11 Å². The molecule has 0 aliphatic rings. The van der Waals surface area contributed by atoms with Gasteiger partial charge in [0.2, 0.25) is 5.88 Å². The van der Waals surface area contributed by atoms with Crippen LogP contribution in [0.4, 0.5) is 0 Å². The van der Waals surface area contributed by atoms with Crippen LogP contribution in [0.2, 0.25) is 0 Å². The number of rotatable bonds is 7. The van der Waals surface area contributed by atoms with Crippen molar-refractivity contribution in [3.63, 3.8) is 0 Å². The molecule has 26 heavy (non-hydrogen) atoms. The number of aromatic nitrogens is 2. The highest BCUT2D eigenvalue weighted by molar-refractivity contribution is 5.94. The molecule has 0 radical (unpaired) electrons. The van der Waals surface area contributed by atoms with Gasteiger partial charge in [-0.2, -0.15) is 0 Å². The molecule has 2 heterocycles. The third kappa shape index (κ3) is 4.57. The van der Waals surface area contributed by atoms with E-state index in [2.05, 4.69) is 15.3 Å². The predicted molar refractivity (Wildman–Crippen MR) is 97.0 cm³/mol. The number of amides is 1. The zero-order chi connectivity index (χ0) is 18.2. The fourth-order valence-corrected chi connectivity index (χ4v) is 2.37. The molecule has 0 saturated carbocycles. The van der Waals surface area contributed by atoms with Crippen LogP contribution in [0.3, 0.4) is 0 Å². The van der Waals surface area contributed by atoms with Crippen molar-refractivity contribution in [2.45, 2.75) is 13.2 Å². The summed E-state index contributed by atoms with van der Waals surface area (Å²) in [5.74, 6) is 1.03. The Balaban J connectivity index is 1.55. The van der Waals surface area contributed by atoms with Crippen LogP contribution in [-0.2, 0) is 13.2 Å². The number of methoxy groups -OCH3 is 1. The lowest BCUT2D eigenvalue weighted by atomic mass is 10.2. The van der Waals surface area contributed by atoms with Crippen molar-refractivity contribution in [2.24, 2.45) is 0 Å². The van der Waals surface area contributed by atoms with Gasteiger partial charge in [-0.25, -0.2) is 4.98 Å². The lowest BCUT2D eigenvalue weighted by Crippen LogP contribution is -2.23. The van der Waals surface area contributed by atoms with E-state index >= 15 is 0 Å². The van der Waals surface area contributed by atoms with Crippen molar-refractivity contribution in [2.75, 3.05) is 7.11 Å². The van der Waals surface area contributed by atoms with E-state index < -0.39 is 0 Å². The molecule has 6 heteroatoms. The first-order chi connectivity index (χ1) is 12.8. The summed E-state index contributed by atoms with van der Waals surface area (Å²) < 4.78 is 10.9. The summed E-state index contributed by atoms with van der Waals surface area (Å²) in [6.45, 7) is 0.773. The smallest absolute Gasteiger partial charge is 0.251 e. The van der Waals surface area contributed by atoms with Crippen molar-refractivity contribution in [3.8, 4) is 11.6 Å². The summed E-state index contributed by atoms with van der Waals surface area (Å²) in [5.41, 5.74) is 2.36. The minimum absolute atomic E-state index is 0.172. The van der Waals surface area contributed by atoms with Gasteiger partial charge in [0.25, 0.3) is 5.91 Å². The fourth-order valence-electron chi connectivity index (χ4n) is 2.37. The van der Waals surface area contributed by atoms with Gasteiger partial charge in [-0.15, -0.1) is 0 Å². The summed E-state index contributed by atoms with van der Waals surface area (Å²) in [6.07, 6.45) is 5.13. The molecule has 1 N–H and O–H groups in total. The molecule has 3 aromatic rings. The van der Waals surface area contributed by atoms with Gasteiger partial charge in [0, 0.05) is 41.8 Å². The van der Waals surface area contributed by atoms with E-state index in [0.29, 0.717) is 30.3 Å². The Morgan fingerprint density at radius 1 is 1.08 bits per heavy atom. The summed E-state index contributed by atoms with van der Waals surface area (Å²) in [5, 5.41) is 2.86. The normalized spacial score (nSPS) is 10.2. The van der Waals surface area contributed by atoms with Crippen molar-refractivity contribution in [3.05, 3.63) is 83.8 Å². The maximum absolute atomic E-state index is 12.3. The third-order valence-corrected chi connectivity index (χ3v) is 3.73. The lowest BCUT2D eigenvalue weighted by Gasteiger charge is -2.09. The Morgan fingerprint density at radius 3 is 2.62 bits per heavy atom. The van der Waals surface area contributed by atoms with Crippen LogP contribution in [-0.4, -0.2) is 23.0 Å². The molecule has 132 valence electrons. The Bertz CT molecular complexity index is 852. The van der Waals surface area contributed by atoms with Gasteiger partial charge in [0.1, 0.15) is 12.4 Å². The van der Waals surface area contributed by atoms with E-state index in [1.165, 1.54) is 0 Å². The third-order valence-electron chi connectivity index (χ3n) is 3.73. The van der Waals surface area contributed by atoms with E-state index in [4.69, 9.17) is 9.47 Å². The highest BCUT2D eigenvalue weighted by Gasteiger charge is 2.08. The Kier molecular flexibility index (Phi) is 5.77. The molecule has 2 aromatic heterocycles. The van der Waals surface area contributed by atoms with Gasteiger partial charge in [-0.05, 0) is 36.4 Å². The lowest BCUT2D eigenvalue weighted by molar-refractivity contribution is 0.0950. The molecule has 0 atom stereocenters. The first-order valence-corrected chi connectivity index (χ1v) is 8.14. The van der Waals surface area contributed by atoms with E-state index in [-0.39, 0.29) is 5.91 Å². The van der Waals surface area contributed by atoms with Gasteiger partial charge < -0.3 is 14.8 Å². The maximum Gasteiger partial charge on any atom is 0.251 e. The largest absolute Gasteiger partial charge is 0.489 e. The standard InChI is InChI=1S/C20H19N3O3/c1-25-20-17(5-3-11-22-20)13-23-19(24)16-6-8-18(9-7-16)26-14-15-4-2-10-21-12-15/h2-12H,13-14H2,1H3,(H,23,24). The van der Waals surface area contributed by atoms with E-state index in [1.807, 2.05) is 18.2 Å². The van der Waals surface area contributed by atoms with Crippen LogP contribution in [0.15, 0.2) is 67.1 Å². The highest BCUT2D eigenvalue weighted by atomic mass is 16.5. The number of carbonyl (C=O) groups is 1. The Labute approximate surface area is 151 Å². The Morgan fingerprint density at radius 2 is 1.88 bits per heavy atom. The predicted octanol–water partition coefficient (Wildman–Crippen LogP) is 2.99. The van der Waals surface area contributed by atoms with Crippen molar-refractivity contribution < 1.29 is 14.3 Å². The van der Waals surface area contributed by atoms with Crippen molar-refractivity contribution >= 4 is 5.91 Å². The summed E-state index contributed by atoms with van der Waals surface area (Å²) >= 11 is 0. The monoisotopic (exact) mass is 349 g/mol. The Hall–Kier alpha value is -3.41. The first kappa shape index (κ1) is 17.4. The van der Waals surface area contributed by atoms with Crippen LogP contribution in [0.1, 0.15) is 21.5 Å². The molecule has 0 fully saturated rings. The molecule has 1 aromatic carbocycles. The zero-order valence-corrected chi connectivity index (χ0v) is 14.4. The molecule has 0 bridgehead atoms. The van der Waals surface area contributed by atoms with E-state index in [0.717, 1.165) is 11.1 Å². The number of nitrogens with zero attached hydrogens (tertiary/aromatic N) is 2. The molecule has 0 aliphatic carbocycles. The van der Waals surface area contributed by atoms with Gasteiger partial charge >= 0.3 is 0 Å². The molecule has 0 aliphatic heterocycles.